The summed E-state index contributed by atoms with van der Waals surface area (Å²) in [6.45, 7) is 0.571. The molecule has 0 amide bonds. The molecular weight excluding hydrogens is 202 g/mol. The van der Waals surface area contributed by atoms with Crippen LogP contribution in [0.3, 0.4) is 0 Å². The zero-order chi connectivity index (χ0) is 11.4. The Morgan fingerprint density at radius 1 is 1.44 bits per heavy atom. The second-order valence-electron chi connectivity index (χ2n) is 4.61. The van der Waals surface area contributed by atoms with E-state index in [2.05, 4.69) is 4.98 Å². The molecule has 2 rings (SSSR count). The van der Waals surface area contributed by atoms with Crippen LogP contribution in [0.4, 0.5) is 0 Å². The van der Waals surface area contributed by atoms with Gasteiger partial charge in [0.25, 0.3) is 0 Å². The van der Waals surface area contributed by atoms with E-state index < -0.39 is 0 Å². The van der Waals surface area contributed by atoms with Gasteiger partial charge in [0.2, 0.25) is 0 Å². The molecular formula is C12H21N3O. The molecule has 0 aliphatic heterocycles. The summed E-state index contributed by atoms with van der Waals surface area (Å²) >= 11 is 0. The zero-order valence-corrected chi connectivity index (χ0v) is 9.93. The van der Waals surface area contributed by atoms with Crippen molar-refractivity contribution in [1.29, 1.82) is 0 Å². The standard InChI is InChI=1S/C12H21N3O/c1-15-8-7-14-12(15)9-16-11-6-4-2-3-5-10(11)13/h7-8,10-11H,2-6,9,13H2,1H3. The van der Waals surface area contributed by atoms with Crippen LogP contribution < -0.4 is 5.73 Å². The van der Waals surface area contributed by atoms with Crippen molar-refractivity contribution in [1.82, 2.24) is 9.55 Å². The van der Waals surface area contributed by atoms with Crippen LogP contribution in [0, 0.1) is 0 Å². The number of aryl methyl sites for hydroxylation is 1. The molecule has 2 unspecified atom stereocenters. The van der Waals surface area contributed by atoms with Crippen LogP contribution in [0.1, 0.15) is 37.9 Å². The summed E-state index contributed by atoms with van der Waals surface area (Å²) in [5, 5.41) is 0. The average Bonchev–Trinajstić information content (AvgIpc) is 2.56. The Morgan fingerprint density at radius 3 is 3.00 bits per heavy atom. The van der Waals surface area contributed by atoms with Crippen molar-refractivity contribution in [2.24, 2.45) is 12.8 Å². The van der Waals surface area contributed by atoms with Crippen molar-refractivity contribution in [2.45, 2.75) is 50.9 Å². The van der Waals surface area contributed by atoms with Gasteiger partial charge < -0.3 is 15.0 Å². The first-order chi connectivity index (χ1) is 7.77. The fourth-order valence-corrected chi connectivity index (χ4v) is 2.23. The number of nitrogens with zero attached hydrogens (tertiary/aromatic N) is 2. The molecule has 0 spiro atoms. The van der Waals surface area contributed by atoms with Gasteiger partial charge in [-0.05, 0) is 12.8 Å². The Hall–Kier alpha value is -0.870. The summed E-state index contributed by atoms with van der Waals surface area (Å²) in [5.74, 6) is 0.969. The highest BCUT2D eigenvalue weighted by molar-refractivity contribution is 4.89. The number of nitrogens with two attached hydrogens (primary N) is 1. The first-order valence-corrected chi connectivity index (χ1v) is 6.11. The third-order valence-electron chi connectivity index (χ3n) is 3.35. The number of ether oxygens (including phenoxy) is 1. The molecule has 1 aliphatic carbocycles. The molecule has 4 heteroatoms. The first kappa shape index (κ1) is 11.6. The maximum Gasteiger partial charge on any atom is 0.134 e. The van der Waals surface area contributed by atoms with Gasteiger partial charge in [0, 0.05) is 25.5 Å². The van der Waals surface area contributed by atoms with Crippen LogP contribution in [0.5, 0.6) is 0 Å². The lowest BCUT2D eigenvalue weighted by Crippen LogP contribution is -2.35. The zero-order valence-electron chi connectivity index (χ0n) is 9.93. The van der Waals surface area contributed by atoms with Gasteiger partial charge in [0.1, 0.15) is 12.4 Å². The molecule has 1 fully saturated rings. The van der Waals surface area contributed by atoms with E-state index in [-0.39, 0.29) is 12.1 Å². The molecule has 0 saturated heterocycles. The van der Waals surface area contributed by atoms with Gasteiger partial charge in [-0.3, -0.25) is 0 Å². The van der Waals surface area contributed by atoms with Crippen molar-refractivity contribution in [2.75, 3.05) is 0 Å². The van der Waals surface area contributed by atoms with Gasteiger partial charge in [-0.25, -0.2) is 4.98 Å². The van der Waals surface area contributed by atoms with E-state index >= 15 is 0 Å². The van der Waals surface area contributed by atoms with Gasteiger partial charge in [-0.1, -0.05) is 19.3 Å². The predicted molar refractivity (Wildman–Crippen MR) is 62.8 cm³/mol. The van der Waals surface area contributed by atoms with E-state index in [1.807, 2.05) is 17.8 Å². The van der Waals surface area contributed by atoms with E-state index in [0.29, 0.717) is 6.61 Å². The van der Waals surface area contributed by atoms with Gasteiger partial charge in [-0.2, -0.15) is 0 Å². The fraction of sp³-hybridized carbons (Fsp3) is 0.750. The summed E-state index contributed by atoms with van der Waals surface area (Å²) in [7, 11) is 1.98. The second kappa shape index (κ2) is 5.46. The molecule has 2 N–H and O–H groups in total. The summed E-state index contributed by atoms with van der Waals surface area (Å²) in [5.41, 5.74) is 6.10. The van der Waals surface area contributed by atoms with Crippen LogP contribution >= 0.6 is 0 Å². The van der Waals surface area contributed by atoms with Gasteiger partial charge >= 0.3 is 0 Å². The molecule has 16 heavy (non-hydrogen) atoms. The van der Waals surface area contributed by atoms with Gasteiger partial charge in [0.05, 0.1) is 6.10 Å². The molecule has 0 aromatic carbocycles. The lowest BCUT2D eigenvalue weighted by Gasteiger charge is -2.21. The molecule has 0 radical (unpaired) electrons. The highest BCUT2D eigenvalue weighted by atomic mass is 16.5. The summed E-state index contributed by atoms with van der Waals surface area (Å²) in [6.07, 6.45) is 9.88. The average molecular weight is 223 g/mol. The Kier molecular flexibility index (Phi) is 3.96. The van der Waals surface area contributed by atoms with Crippen LogP contribution in [-0.2, 0) is 18.4 Å². The SMILES string of the molecule is Cn1ccnc1COC1CCCCCC1N. The largest absolute Gasteiger partial charge is 0.369 e. The molecule has 0 bridgehead atoms. The van der Waals surface area contributed by atoms with Crippen molar-refractivity contribution in [3.8, 4) is 0 Å². The molecule has 2 atom stereocenters. The molecule has 1 aromatic rings. The van der Waals surface area contributed by atoms with E-state index in [1.165, 1.54) is 19.3 Å². The number of imidazole rings is 1. The Bertz CT molecular complexity index is 324. The van der Waals surface area contributed by atoms with Crippen LogP contribution in [-0.4, -0.2) is 21.7 Å². The van der Waals surface area contributed by atoms with Crippen molar-refractivity contribution < 1.29 is 4.74 Å². The second-order valence-corrected chi connectivity index (χ2v) is 4.61. The van der Waals surface area contributed by atoms with Crippen LogP contribution in [0.2, 0.25) is 0 Å². The fourth-order valence-electron chi connectivity index (χ4n) is 2.23. The smallest absolute Gasteiger partial charge is 0.134 e. The van der Waals surface area contributed by atoms with E-state index in [4.69, 9.17) is 10.5 Å². The van der Waals surface area contributed by atoms with Gasteiger partial charge in [0.15, 0.2) is 0 Å². The van der Waals surface area contributed by atoms with E-state index in [0.717, 1.165) is 18.7 Å². The Balaban J connectivity index is 1.86. The number of rotatable bonds is 3. The molecule has 90 valence electrons. The van der Waals surface area contributed by atoms with E-state index in [9.17, 15) is 0 Å². The quantitative estimate of drug-likeness (QED) is 0.792. The first-order valence-electron chi connectivity index (χ1n) is 6.11. The lowest BCUT2D eigenvalue weighted by atomic mass is 10.1. The number of aromatic nitrogens is 2. The van der Waals surface area contributed by atoms with Crippen molar-refractivity contribution >= 4 is 0 Å². The summed E-state index contributed by atoms with van der Waals surface area (Å²) in [6, 6.07) is 0.197. The maximum atomic E-state index is 6.10. The summed E-state index contributed by atoms with van der Waals surface area (Å²) < 4.78 is 7.88. The third-order valence-corrected chi connectivity index (χ3v) is 3.35. The predicted octanol–water partition coefficient (Wildman–Crippen LogP) is 1.60. The van der Waals surface area contributed by atoms with Crippen LogP contribution in [0.15, 0.2) is 12.4 Å². The number of hydrogen-bond donors (Lipinski definition) is 1. The Labute approximate surface area is 96.8 Å². The molecule has 4 nitrogen and oxygen atoms in total. The van der Waals surface area contributed by atoms with Crippen LogP contribution in [0.25, 0.3) is 0 Å². The topological polar surface area (TPSA) is 53.1 Å². The minimum Gasteiger partial charge on any atom is -0.369 e. The highest BCUT2D eigenvalue weighted by Crippen LogP contribution is 2.20. The highest BCUT2D eigenvalue weighted by Gasteiger charge is 2.21. The van der Waals surface area contributed by atoms with Gasteiger partial charge in [-0.15, -0.1) is 0 Å². The minimum absolute atomic E-state index is 0.197. The minimum atomic E-state index is 0.197. The normalized spacial score (nSPS) is 26.6. The molecule has 1 saturated carbocycles. The molecule has 1 aliphatic rings. The maximum absolute atomic E-state index is 6.10. The van der Waals surface area contributed by atoms with Crippen molar-refractivity contribution in [3.63, 3.8) is 0 Å². The van der Waals surface area contributed by atoms with E-state index in [1.54, 1.807) is 6.20 Å². The molecule has 1 heterocycles. The Morgan fingerprint density at radius 2 is 2.25 bits per heavy atom. The number of hydrogen-bond acceptors (Lipinski definition) is 3. The lowest BCUT2D eigenvalue weighted by molar-refractivity contribution is 0.0150. The molecule has 1 aromatic heterocycles. The monoisotopic (exact) mass is 223 g/mol. The summed E-state index contributed by atoms with van der Waals surface area (Å²) in [4.78, 5) is 4.25. The third kappa shape index (κ3) is 2.83. The van der Waals surface area contributed by atoms with Crippen molar-refractivity contribution in [3.05, 3.63) is 18.2 Å².